The van der Waals surface area contributed by atoms with E-state index >= 15 is 0 Å². The largest absolute Gasteiger partial charge is 0.371 e. The minimum Gasteiger partial charge on any atom is -0.371 e. The summed E-state index contributed by atoms with van der Waals surface area (Å²) in [6, 6.07) is 17.4. The van der Waals surface area contributed by atoms with Gasteiger partial charge in [-0.3, -0.25) is 4.90 Å². The molecule has 0 N–H and O–H groups in total. The Hall–Kier alpha value is -1.64. The molecule has 2 aromatic carbocycles. The van der Waals surface area contributed by atoms with Gasteiger partial charge in [0.2, 0.25) is 0 Å². The molecule has 0 aromatic heterocycles. The number of ether oxygens (including phenoxy) is 1. The molecule has 2 aromatic rings. The Morgan fingerprint density at radius 1 is 1.05 bits per heavy atom. The minimum atomic E-state index is 0.364. The molecule has 2 atom stereocenters. The van der Waals surface area contributed by atoms with Gasteiger partial charge in [0.1, 0.15) is 0 Å². The second kappa shape index (κ2) is 5.28. The number of fused-ring (bicyclic) bond motifs is 3. The van der Waals surface area contributed by atoms with Crippen molar-refractivity contribution in [1.82, 2.24) is 4.90 Å². The van der Waals surface area contributed by atoms with Crippen LogP contribution in [0, 0.1) is 6.92 Å². The molecule has 2 nitrogen and oxygen atoms in total. The van der Waals surface area contributed by atoms with Gasteiger partial charge in [-0.2, -0.15) is 0 Å². The van der Waals surface area contributed by atoms with Crippen LogP contribution in [0.3, 0.4) is 0 Å². The molecular formula is C19H21NO. The maximum atomic E-state index is 6.14. The van der Waals surface area contributed by atoms with Crippen molar-refractivity contribution in [2.45, 2.75) is 32.1 Å². The molecule has 0 amide bonds. The molecule has 21 heavy (non-hydrogen) atoms. The van der Waals surface area contributed by atoms with Crippen molar-refractivity contribution in [1.29, 1.82) is 0 Å². The maximum Gasteiger partial charge on any atom is 0.0787 e. The standard InChI is InChI=1S/C19H21NO/c1-14-6-5-9-16-17-11-20(10-15-7-3-2-4-8-15)12-19(17)21-13-18(14)16/h2-9,17,19H,10-13H2,1H3. The lowest BCUT2D eigenvalue weighted by Gasteiger charge is -2.28. The third-order valence-corrected chi connectivity index (χ3v) is 4.88. The van der Waals surface area contributed by atoms with Crippen molar-refractivity contribution in [3.8, 4) is 0 Å². The van der Waals surface area contributed by atoms with Crippen molar-refractivity contribution in [3.05, 3.63) is 70.8 Å². The highest BCUT2D eigenvalue weighted by molar-refractivity contribution is 5.39. The lowest BCUT2D eigenvalue weighted by atomic mass is 9.87. The Bertz CT molecular complexity index is 637. The van der Waals surface area contributed by atoms with E-state index in [0.29, 0.717) is 12.0 Å². The highest BCUT2D eigenvalue weighted by Crippen LogP contribution is 2.38. The molecule has 2 heterocycles. The zero-order valence-corrected chi connectivity index (χ0v) is 12.5. The predicted octanol–water partition coefficient (Wildman–Crippen LogP) is 3.49. The normalized spacial score (nSPS) is 24.6. The Balaban J connectivity index is 1.55. The molecule has 1 saturated heterocycles. The maximum absolute atomic E-state index is 6.14. The SMILES string of the molecule is Cc1cccc2c1COC1CN(Cc3ccccc3)CC21. The van der Waals surface area contributed by atoms with Crippen LogP contribution in [-0.2, 0) is 17.9 Å². The number of aryl methyl sites for hydroxylation is 1. The van der Waals surface area contributed by atoms with Crippen LogP contribution in [0.5, 0.6) is 0 Å². The van der Waals surface area contributed by atoms with Crippen LogP contribution in [0.25, 0.3) is 0 Å². The smallest absolute Gasteiger partial charge is 0.0787 e. The van der Waals surface area contributed by atoms with Gasteiger partial charge in [0.05, 0.1) is 12.7 Å². The lowest BCUT2D eigenvalue weighted by Crippen LogP contribution is -2.27. The van der Waals surface area contributed by atoms with Gasteiger partial charge in [-0.1, -0.05) is 48.5 Å². The number of likely N-dealkylation sites (tertiary alicyclic amines) is 1. The summed E-state index contributed by atoms with van der Waals surface area (Å²) in [4.78, 5) is 2.53. The second-order valence-electron chi connectivity index (χ2n) is 6.28. The topological polar surface area (TPSA) is 12.5 Å². The Morgan fingerprint density at radius 2 is 1.90 bits per heavy atom. The molecule has 2 unspecified atom stereocenters. The van der Waals surface area contributed by atoms with Crippen LogP contribution < -0.4 is 0 Å². The first-order chi connectivity index (χ1) is 10.3. The first kappa shape index (κ1) is 13.1. The fourth-order valence-corrected chi connectivity index (χ4v) is 3.75. The predicted molar refractivity (Wildman–Crippen MR) is 84.2 cm³/mol. The highest BCUT2D eigenvalue weighted by atomic mass is 16.5. The van der Waals surface area contributed by atoms with Crippen molar-refractivity contribution in [2.24, 2.45) is 0 Å². The summed E-state index contributed by atoms with van der Waals surface area (Å²) >= 11 is 0. The number of hydrogen-bond acceptors (Lipinski definition) is 2. The van der Waals surface area contributed by atoms with Gasteiger partial charge in [0, 0.05) is 25.6 Å². The number of benzene rings is 2. The first-order valence-electron chi connectivity index (χ1n) is 7.77. The van der Waals surface area contributed by atoms with E-state index < -0.39 is 0 Å². The number of nitrogens with zero attached hydrogens (tertiary/aromatic N) is 1. The monoisotopic (exact) mass is 279 g/mol. The van der Waals surface area contributed by atoms with Crippen LogP contribution >= 0.6 is 0 Å². The van der Waals surface area contributed by atoms with E-state index in [4.69, 9.17) is 4.74 Å². The molecule has 0 spiro atoms. The molecule has 0 radical (unpaired) electrons. The second-order valence-corrected chi connectivity index (χ2v) is 6.28. The van der Waals surface area contributed by atoms with Crippen molar-refractivity contribution >= 4 is 0 Å². The average molecular weight is 279 g/mol. The Morgan fingerprint density at radius 3 is 2.76 bits per heavy atom. The van der Waals surface area contributed by atoms with Crippen LogP contribution in [-0.4, -0.2) is 24.1 Å². The van der Waals surface area contributed by atoms with E-state index in [9.17, 15) is 0 Å². The first-order valence-corrected chi connectivity index (χ1v) is 7.77. The average Bonchev–Trinajstić information content (AvgIpc) is 2.91. The zero-order valence-electron chi connectivity index (χ0n) is 12.5. The summed E-state index contributed by atoms with van der Waals surface area (Å²) < 4.78 is 6.14. The third-order valence-electron chi connectivity index (χ3n) is 4.88. The van der Waals surface area contributed by atoms with Gasteiger partial charge in [0.25, 0.3) is 0 Å². The summed E-state index contributed by atoms with van der Waals surface area (Å²) in [5.74, 6) is 0.539. The lowest BCUT2D eigenvalue weighted by molar-refractivity contribution is 0.0246. The summed E-state index contributed by atoms with van der Waals surface area (Å²) in [5.41, 5.74) is 5.69. The van der Waals surface area contributed by atoms with E-state index in [-0.39, 0.29) is 0 Å². The van der Waals surface area contributed by atoms with Crippen molar-refractivity contribution in [3.63, 3.8) is 0 Å². The fraction of sp³-hybridized carbons (Fsp3) is 0.368. The fourth-order valence-electron chi connectivity index (χ4n) is 3.75. The molecule has 0 aliphatic carbocycles. The molecule has 0 bridgehead atoms. The molecule has 2 heteroatoms. The van der Waals surface area contributed by atoms with Gasteiger partial charge in [-0.05, 0) is 29.2 Å². The molecular weight excluding hydrogens is 258 g/mol. The van der Waals surface area contributed by atoms with Crippen molar-refractivity contribution < 1.29 is 4.74 Å². The molecule has 4 rings (SSSR count). The Kier molecular flexibility index (Phi) is 3.28. The summed E-state index contributed by atoms with van der Waals surface area (Å²) in [5, 5.41) is 0. The summed E-state index contributed by atoms with van der Waals surface area (Å²) in [7, 11) is 0. The molecule has 2 aliphatic rings. The van der Waals surface area contributed by atoms with Gasteiger partial charge >= 0.3 is 0 Å². The van der Waals surface area contributed by atoms with Gasteiger partial charge in [-0.15, -0.1) is 0 Å². The third kappa shape index (κ3) is 2.39. The van der Waals surface area contributed by atoms with Crippen LogP contribution in [0.2, 0.25) is 0 Å². The summed E-state index contributed by atoms with van der Waals surface area (Å²) in [6.07, 6.45) is 0.364. The highest BCUT2D eigenvalue weighted by Gasteiger charge is 2.38. The summed E-state index contributed by atoms with van der Waals surface area (Å²) in [6.45, 7) is 6.16. The van der Waals surface area contributed by atoms with Crippen molar-refractivity contribution in [2.75, 3.05) is 13.1 Å². The molecule has 2 aliphatic heterocycles. The van der Waals surface area contributed by atoms with E-state index in [2.05, 4.69) is 60.4 Å². The van der Waals surface area contributed by atoms with Gasteiger partial charge < -0.3 is 4.74 Å². The van der Waals surface area contributed by atoms with Gasteiger partial charge in [-0.25, -0.2) is 0 Å². The van der Waals surface area contributed by atoms with E-state index in [0.717, 1.165) is 26.2 Å². The van der Waals surface area contributed by atoms with Crippen LogP contribution in [0.1, 0.15) is 28.2 Å². The molecule has 108 valence electrons. The van der Waals surface area contributed by atoms with E-state index in [1.807, 2.05) is 0 Å². The van der Waals surface area contributed by atoms with Crippen LogP contribution in [0.15, 0.2) is 48.5 Å². The number of hydrogen-bond donors (Lipinski definition) is 0. The molecule has 1 fully saturated rings. The van der Waals surface area contributed by atoms with E-state index in [1.165, 1.54) is 22.3 Å². The Labute approximate surface area is 126 Å². The molecule has 0 saturated carbocycles. The van der Waals surface area contributed by atoms with Gasteiger partial charge in [0.15, 0.2) is 0 Å². The quantitative estimate of drug-likeness (QED) is 0.834. The van der Waals surface area contributed by atoms with Crippen LogP contribution in [0.4, 0.5) is 0 Å². The number of rotatable bonds is 2. The van der Waals surface area contributed by atoms with E-state index in [1.54, 1.807) is 0 Å². The minimum absolute atomic E-state index is 0.364. The zero-order chi connectivity index (χ0) is 14.2.